The van der Waals surface area contributed by atoms with Gasteiger partial charge in [0.15, 0.2) is 0 Å². The van der Waals surface area contributed by atoms with Crippen LogP contribution in [0.25, 0.3) is 0 Å². The normalized spacial score (nSPS) is 14.8. The molecule has 2 heteroatoms. The number of rotatable bonds is 19. The Balaban J connectivity index is 5.60. The zero-order chi connectivity index (χ0) is 23.1. The topological polar surface area (TPSA) is 0 Å². The van der Waals surface area contributed by atoms with Gasteiger partial charge in [0.1, 0.15) is 0 Å². The highest BCUT2D eigenvalue weighted by atomic mass is 31.1. The van der Waals surface area contributed by atoms with E-state index >= 15 is 0 Å². The van der Waals surface area contributed by atoms with Gasteiger partial charge in [-0.15, -0.1) is 15.8 Å². The van der Waals surface area contributed by atoms with Crippen LogP contribution in [0.1, 0.15) is 121 Å². The summed E-state index contributed by atoms with van der Waals surface area (Å²) in [5.41, 5.74) is 1.91. The highest BCUT2D eigenvalue weighted by molar-refractivity contribution is 7.62. The number of hydrogen-bond acceptors (Lipinski definition) is 0. The summed E-state index contributed by atoms with van der Waals surface area (Å²) < 4.78 is 0. The van der Waals surface area contributed by atoms with Gasteiger partial charge in [-0.25, -0.2) is 0 Å². The van der Waals surface area contributed by atoms with E-state index in [-0.39, 0.29) is 15.8 Å². The molecule has 0 nitrogen and oxygen atoms in total. The van der Waals surface area contributed by atoms with Gasteiger partial charge in [0.25, 0.3) is 0 Å². The van der Waals surface area contributed by atoms with Crippen molar-refractivity contribution in [2.75, 3.05) is 24.6 Å². The zero-order valence-electron chi connectivity index (χ0n) is 22.8. The first-order valence-electron chi connectivity index (χ1n) is 13.8. The third kappa shape index (κ3) is 11.1. The predicted molar refractivity (Wildman–Crippen MR) is 149 cm³/mol. The Hall–Kier alpha value is 0.860. The summed E-state index contributed by atoms with van der Waals surface area (Å²) in [7, 11) is 0.307. The molecule has 0 heterocycles. The molecule has 0 rings (SSSR count). The standard InChI is InChI=1S/C28H60P2/c1-11-25(12-2)19-29(20-26(13-3)14-4)23(9)24(10)30(21-27(15-5)16-6)22-28(17-7)18-8/h23-28H,11-22H2,1-10H3. The third-order valence-corrected chi connectivity index (χ3v) is 15.8. The smallest absolute Gasteiger partial charge is 0.0172 e. The van der Waals surface area contributed by atoms with Crippen molar-refractivity contribution in [3.05, 3.63) is 0 Å². The average Bonchev–Trinajstić information content (AvgIpc) is 2.78. The van der Waals surface area contributed by atoms with Crippen molar-refractivity contribution >= 4 is 15.8 Å². The van der Waals surface area contributed by atoms with Crippen molar-refractivity contribution in [1.82, 2.24) is 0 Å². The SMILES string of the molecule is CCC(CC)CP(CC(CC)CC)C(C)C(C)P(CC(CC)CC)CC(CC)CC. The molecule has 2 atom stereocenters. The molecule has 0 aliphatic rings. The monoisotopic (exact) mass is 458 g/mol. The molecule has 0 aromatic carbocycles. The highest BCUT2D eigenvalue weighted by Crippen LogP contribution is 2.57. The summed E-state index contributed by atoms with van der Waals surface area (Å²) in [5, 5.41) is 0. The van der Waals surface area contributed by atoms with Crippen molar-refractivity contribution in [3.63, 3.8) is 0 Å². The molecular weight excluding hydrogens is 398 g/mol. The Morgan fingerprint density at radius 2 is 0.533 bits per heavy atom. The molecule has 0 saturated carbocycles. The van der Waals surface area contributed by atoms with Crippen molar-refractivity contribution < 1.29 is 0 Å². The largest absolute Gasteiger partial charge is 0.103 e. The molecule has 0 spiro atoms. The van der Waals surface area contributed by atoms with Crippen LogP contribution in [-0.2, 0) is 0 Å². The predicted octanol–water partition coefficient (Wildman–Crippen LogP) is 10.5. The minimum atomic E-state index is 0.153. The Morgan fingerprint density at radius 3 is 0.667 bits per heavy atom. The Kier molecular flexibility index (Phi) is 18.8. The lowest BCUT2D eigenvalue weighted by molar-refractivity contribution is 0.527. The minimum Gasteiger partial charge on any atom is -0.103 e. The molecule has 0 aliphatic carbocycles. The van der Waals surface area contributed by atoms with E-state index < -0.39 is 0 Å². The molecule has 2 unspecified atom stereocenters. The van der Waals surface area contributed by atoms with Crippen LogP contribution < -0.4 is 0 Å². The van der Waals surface area contributed by atoms with E-state index in [4.69, 9.17) is 0 Å². The summed E-state index contributed by atoms with van der Waals surface area (Å²) in [6.07, 6.45) is 17.3. The van der Waals surface area contributed by atoms with Gasteiger partial charge in [-0.05, 0) is 59.6 Å². The summed E-state index contributed by atoms with van der Waals surface area (Å²) in [6, 6.07) is 0. The van der Waals surface area contributed by atoms with E-state index in [1.54, 1.807) is 24.6 Å². The molecule has 0 aromatic rings. The maximum absolute atomic E-state index is 2.69. The lowest BCUT2D eigenvalue weighted by Crippen LogP contribution is -2.26. The summed E-state index contributed by atoms with van der Waals surface area (Å²) in [4.78, 5) is 0. The van der Waals surface area contributed by atoms with E-state index in [0.717, 1.165) is 35.0 Å². The van der Waals surface area contributed by atoms with Gasteiger partial charge >= 0.3 is 0 Å². The first-order valence-corrected chi connectivity index (χ1v) is 17.4. The quantitative estimate of drug-likeness (QED) is 0.169. The second kappa shape index (κ2) is 18.3. The Bertz CT molecular complexity index is 303. The summed E-state index contributed by atoms with van der Waals surface area (Å²) >= 11 is 0. The van der Waals surface area contributed by atoms with Crippen LogP contribution in [-0.4, -0.2) is 36.0 Å². The van der Waals surface area contributed by atoms with Crippen LogP contribution >= 0.6 is 15.8 Å². The van der Waals surface area contributed by atoms with Gasteiger partial charge in [-0.3, -0.25) is 0 Å². The molecule has 182 valence electrons. The van der Waals surface area contributed by atoms with Gasteiger partial charge in [0.05, 0.1) is 0 Å². The van der Waals surface area contributed by atoms with Crippen LogP contribution in [0.5, 0.6) is 0 Å². The first-order chi connectivity index (χ1) is 14.3. The lowest BCUT2D eigenvalue weighted by Gasteiger charge is -2.40. The Labute approximate surface area is 196 Å². The van der Waals surface area contributed by atoms with Crippen molar-refractivity contribution in [2.45, 2.75) is 132 Å². The molecule has 30 heavy (non-hydrogen) atoms. The Morgan fingerprint density at radius 1 is 0.367 bits per heavy atom. The molecule has 0 radical (unpaired) electrons. The molecule has 0 saturated heterocycles. The van der Waals surface area contributed by atoms with Crippen LogP contribution in [0.2, 0.25) is 0 Å². The molecule has 0 aliphatic heterocycles. The fourth-order valence-corrected chi connectivity index (χ4v) is 13.6. The van der Waals surface area contributed by atoms with E-state index in [1.807, 2.05) is 0 Å². The van der Waals surface area contributed by atoms with Gasteiger partial charge in [-0.2, -0.15) is 0 Å². The van der Waals surface area contributed by atoms with Crippen LogP contribution in [0, 0.1) is 23.7 Å². The molecular formula is C28H60P2. The fourth-order valence-electron chi connectivity index (χ4n) is 4.94. The van der Waals surface area contributed by atoms with Crippen molar-refractivity contribution in [1.29, 1.82) is 0 Å². The van der Waals surface area contributed by atoms with Crippen molar-refractivity contribution in [2.24, 2.45) is 23.7 Å². The summed E-state index contributed by atoms with van der Waals surface area (Å²) in [5.74, 6) is 3.85. The average molecular weight is 459 g/mol. The summed E-state index contributed by atoms with van der Waals surface area (Å²) in [6.45, 7) is 24.8. The van der Waals surface area contributed by atoms with Crippen molar-refractivity contribution in [3.8, 4) is 0 Å². The van der Waals surface area contributed by atoms with Crippen LogP contribution in [0.4, 0.5) is 0 Å². The van der Waals surface area contributed by atoms with E-state index in [0.29, 0.717) is 0 Å². The van der Waals surface area contributed by atoms with Gasteiger partial charge in [-0.1, -0.05) is 121 Å². The molecule has 0 bridgehead atoms. The molecule has 0 aromatic heterocycles. The van der Waals surface area contributed by atoms with E-state index in [9.17, 15) is 0 Å². The first kappa shape index (κ1) is 30.9. The fraction of sp³-hybridized carbons (Fsp3) is 1.00. The van der Waals surface area contributed by atoms with E-state index in [1.165, 1.54) is 51.4 Å². The second-order valence-corrected chi connectivity index (χ2v) is 15.6. The molecule has 0 amide bonds. The second-order valence-electron chi connectivity index (χ2n) is 10.1. The minimum absolute atomic E-state index is 0.153. The van der Waals surface area contributed by atoms with Crippen LogP contribution in [0.15, 0.2) is 0 Å². The number of hydrogen-bond donors (Lipinski definition) is 0. The highest BCUT2D eigenvalue weighted by Gasteiger charge is 2.32. The molecule has 0 N–H and O–H groups in total. The van der Waals surface area contributed by atoms with Gasteiger partial charge in [0.2, 0.25) is 0 Å². The third-order valence-electron chi connectivity index (χ3n) is 8.44. The molecule has 0 fully saturated rings. The van der Waals surface area contributed by atoms with Gasteiger partial charge in [0, 0.05) is 0 Å². The maximum atomic E-state index is 2.69. The zero-order valence-corrected chi connectivity index (χ0v) is 24.6. The van der Waals surface area contributed by atoms with E-state index in [2.05, 4.69) is 69.2 Å². The van der Waals surface area contributed by atoms with Gasteiger partial charge < -0.3 is 0 Å². The maximum Gasteiger partial charge on any atom is -0.0172 e. The van der Waals surface area contributed by atoms with Crippen LogP contribution in [0.3, 0.4) is 0 Å². The lowest BCUT2D eigenvalue weighted by atomic mass is 10.1.